The van der Waals surface area contributed by atoms with E-state index in [1.807, 2.05) is 6.07 Å². The third-order valence-electron chi connectivity index (χ3n) is 2.66. The Bertz CT molecular complexity index is 268. The second kappa shape index (κ2) is 2.60. The number of hydrogen-bond donors (Lipinski definition) is 0. The molecule has 2 rings (SSSR count). The maximum atomic E-state index is 5.64. The van der Waals surface area contributed by atoms with E-state index in [0.717, 1.165) is 6.42 Å². The van der Waals surface area contributed by atoms with E-state index in [9.17, 15) is 0 Å². The molecule has 1 saturated heterocycles. The van der Waals surface area contributed by atoms with Gasteiger partial charge in [0.25, 0.3) is 0 Å². The highest BCUT2D eigenvalue weighted by molar-refractivity contribution is 5.27. The van der Waals surface area contributed by atoms with E-state index in [1.165, 1.54) is 5.56 Å². The first-order valence-corrected chi connectivity index (χ1v) is 4.50. The third kappa shape index (κ3) is 1.05. The first-order valence-electron chi connectivity index (χ1n) is 4.50. The van der Waals surface area contributed by atoms with Gasteiger partial charge in [-0.3, -0.25) is 0 Å². The van der Waals surface area contributed by atoms with E-state index < -0.39 is 0 Å². The third-order valence-corrected chi connectivity index (χ3v) is 2.66. The molecule has 1 heterocycles. The minimum absolute atomic E-state index is 0.00993. The molecule has 2 unspecified atom stereocenters. The molecule has 0 aromatic heterocycles. The number of epoxide rings is 1. The summed E-state index contributed by atoms with van der Waals surface area (Å²) in [4.78, 5) is 0. The number of benzene rings is 1. The van der Waals surface area contributed by atoms with Crippen molar-refractivity contribution in [1.29, 1.82) is 0 Å². The lowest BCUT2D eigenvalue weighted by molar-refractivity contribution is 0.311. The largest absolute Gasteiger partial charge is 0.361 e. The highest BCUT2D eigenvalue weighted by Gasteiger charge is 2.51. The molecule has 64 valence electrons. The van der Waals surface area contributed by atoms with Crippen molar-refractivity contribution in [1.82, 2.24) is 0 Å². The molecule has 1 aromatic carbocycles. The zero-order valence-electron chi connectivity index (χ0n) is 7.58. The minimum atomic E-state index is 0.00993. The van der Waals surface area contributed by atoms with Crippen LogP contribution in [0.5, 0.6) is 0 Å². The zero-order chi connectivity index (χ0) is 8.60. The fourth-order valence-electron chi connectivity index (χ4n) is 1.76. The fraction of sp³-hybridized carbons (Fsp3) is 0.455. The molecule has 1 aliphatic heterocycles. The van der Waals surface area contributed by atoms with Crippen molar-refractivity contribution in [3.8, 4) is 0 Å². The first kappa shape index (κ1) is 7.81. The van der Waals surface area contributed by atoms with Gasteiger partial charge in [-0.2, -0.15) is 0 Å². The predicted octanol–water partition coefficient (Wildman–Crippen LogP) is 2.71. The Hall–Kier alpha value is -0.820. The van der Waals surface area contributed by atoms with Crippen LogP contribution in [-0.4, -0.2) is 6.10 Å². The van der Waals surface area contributed by atoms with Crippen molar-refractivity contribution >= 4 is 0 Å². The van der Waals surface area contributed by atoms with Gasteiger partial charge in [-0.15, -0.1) is 0 Å². The molecule has 1 heteroatoms. The van der Waals surface area contributed by atoms with Crippen molar-refractivity contribution in [2.45, 2.75) is 32.0 Å². The highest BCUT2D eigenvalue weighted by atomic mass is 16.6. The number of rotatable bonds is 2. The Kier molecular flexibility index (Phi) is 1.69. The van der Waals surface area contributed by atoms with Crippen LogP contribution in [0, 0.1) is 0 Å². The van der Waals surface area contributed by atoms with Gasteiger partial charge in [-0.05, 0) is 18.9 Å². The van der Waals surface area contributed by atoms with E-state index in [0.29, 0.717) is 6.10 Å². The molecule has 1 fully saturated rings. The molecule has 0 amide bonds. The summed E-state index contributed by atoms with van der Waals surface area (Å²) in [7, 11) is 0. The molecule has 0 spiro atoms. The molecule has 1 nitrogen and oxygen atoms in total. The molecule has 1 aromatic rings. The van der Waals surface area contributed by atoms with E-state index in [-0.39, 0.29) is 5.60 Å². The summed E-state index contributed by atoms with van der Waals surface area (Å²) in [5, 5.41) is 0. The van der Waals surface area contributed by atoms with Gasteiger partial charge in [0.15, 0.2) is 0 Å². The second-order valence-corrected chi connectivity index (χ2v) is 3.49. The molecule has 0 aliphatic carbocycles. The van der Waals surface area contributed by atoms with Crippen LogP contribution in [0.4, 0.5) is 0 Å². The van der Waals surface area contributed by atoms with Gasteiger partial charge in [-0.25, -0.2) is 0 Å². The van der Waals surface area contributed by atoms with Crippen LogP contribution >= 0.6 is 0 Å². The van der Waals surface area contributed by atoms with Crippen molar-refractivity contribution in [2.24, 2.45) is 0 Å². The van der Waals surface area contributed by atoms with Crippen LogP contribution in [0.1, 0.15) is 25.8 Å². The summed E-state index contributed by atoms with van der Waals surface area (Å²) in [5.41, 5.74) is 1.31. The van der Waals surface area contributed by atoms with E-state index in [1.54, 1.807) is 0 Å². The van der Waals surface area contributed by atoms with Crippen molar-refractivity contribution in [3.05, 3.63) is 35.9 Å². The Morgan fingerprint density at radius 1 is 1.33 bits per heavy atom. The maximum Gasteiger partial charge on any atom is 0.117 e. The summed E-state index contributed by atoms with van der Waals surface area (Å²) >= 11 is 0. The van der Waals surface area contributed by atoms with Gasteiger partial charge in [0.05, 0.1) is 6.10 Å². The highest BCUT2D eigenvalue weighted by Crippen LogP contribution is 2.47. The Morgan fingerprint density at radius 2 is 2.00 bits per heavy atom. The molecule has 12 heavy (non-hydrogen) atoms. The molecule has 0 radical (unpaired) electrons. The lowest BCUT2D eigenvalue weighted by Gasteiger charge is -2.04. The molecule has 0 bridgehead atoms. The SMILES string of the molecule is CCC1OC1(C)c1ccccc1. The van der Waals surface area contributed by atoms with Gasteiger partial charge in [0, 0.05) is 0 Å². The average Bonchev–Trinajstić information content (AvgIpc) is 2.81. The molecule has 0 N–H and O–H groups in total. The lowest BCUT2D eigenvalue weighted by atomic mass is 9.96. The summed E-state index contributed by atoms with van der Waals surface area (Å²) < 4.78 is 5.64. The first-order chi connectivity index (χ1) is 5.77. The average molecular weight is 162 g/mol. The lowest BCUT2D eigenvalue weighted by Crippen LogP contribution is -2.06. The monoisotopic (exact) mass is 162 g/mol. The summed E-state index contributed by atoms with van der Waals surface area (Å²) in [6.45, 7) is 4.33. The van der Waals surface area contributed by atoms with Crippen LogP contribution in [-0.2, 0) is 10.3 Å². The molecular weight excluding hydrogens is 148 g/mol. The topological polar surface area (TPSA) is 12.5 Å². The second-order valence-electron chi connectivity index (χ2n) is 3.49. The molecule has 1 aliphatic rings. The van der Waals surface area contributed by atoms with E-state index in [4.69, 9.17) is 4.74 Å². The van der Waals surface area contributed by atoms with Gasteiger partial charge in [0.1, 0.15) is 5.60 Å². The van der Waals surface area contributed by atoms with Crippen LogP contribution in [0.3, 0.4) is 0 Å². The Balaban J connectivity index is 2.23. The fourth-order valence-corrected chi connectivity index (χ4v) is 1.76. The van der Waals surface area contributed by atoms with Gasteiger partial charge in [0.2, 0.25) is 0 Å². The van der Waals surface area contributed by atoms with Crippen LogP contribution in [0.2, 0.25) is 0 Å². The van der Waals surface area contributed by atoms with E-state index in [2.05, 4.69) is 38.1 Å². The van der Waals surface area contributed by atoms with Gasteiger partial charge < -0.3 is 4.74 Å². The minimum Gasteiger partial charge on any atom is -0.361 e. The standard InChI is InChI=1S/C11H14O/c1-3-10-11(2,12-10)9-7-5-4-6-8-9/h4-8,10H,3H2,1-2H3. The summed E-state index contributed by atoms with van der Waals surface area (Å²) in [6.07, 6.45) is 1.53. The van der Waals surface area contributed by atoms with E-state index >= 15 is 0 Å². The number of hydrogen-bond acceptors (Lipinski definition) is 1. The number of ether oxygens (including phenoxy) is 1. The smallest absolute Gasteiger partial charge is 0.117 e. The van der Waals surface area contributed by atoms with Crippen molar-refractivity contribution in [2.75, 3.05) is 0 Å². The van der Waals surface area contributed by atoms with Crippen LogP contribution in [0.25, 0.3) is 0 Å². The van der Waals surface area contributed by atoms with Gasteiger partial charge in [-0.1, -0.05) is 37.3 Å². The van der Waals surface area contributed by atoms with Crippen LogP contribution in [0.15, 0.2) is 30.3 Å². The summed E-state index contributed by atoms with van der Waals surface area (Å²) in [6, 6.07) is 10.4. The normalized spacial score (nSPS) is 33.3. The van der Waals surface area contributed by atoms with Gasteiger partial charge >= 0.3 is 0 Å². The predicted molar refractivity (Wildman–Crippen MR) is 49.0 cm³/mol. The van der Waals surface area contributed by atoms with Crippen molar-refractivity contribution < 1.29 is 4.74 Å². The maximum absolute atomic E-state index is 5.64. The summed E-state index contributed by atoms with van der Waals surface area (Å²) in [5.74, 6) is 0. The van der Waals surface area contributed by atoms with Crippen LogP contribution < -0.4 is 0 Å². The quantitative estimate of drug-likeness (QED) is 0.609. The zero-order valence-corrected chi connectivity index (χ0v) is 7.58. The molecular formula is C11H14O. The Morgan fingerprint density at radius 3 is 2.50 bits per heavy atom. The Labute approximate surface area is 73.4 Å². The molecule has 2 atom stereocenters. The molecule has 0 saturated carbocycles. The van der Waals surface area contributed by atoms with Crippen molar-refractivity contribution in [3.63, 3.8) is 0 Å².